The highest BCUT2D eigenvalue weighted by molar-refractivity contribution is 7.98. The standard InChI is InChI=1S/C13H14ClN5OS/c1-20-5-4-18-9-15-17-13(18)21-8-11-7-19-6-10(14)2-3-12(19)16-11/h2-3,6-7,9H,4-5,8H2,1H3. The molecule has 0 bridgehead atoms. The minimum Gasteiger partial charge on any atom is -0.383 e. The van der Waals surface area contributed by atoms with E-state index in [1.165, 1.54) is 0 Å². The molecule has 0 aliphatic rings. The monoisotopic (exact) mass is 323 g/mol. The molecule has 0 aromatic carbocycles. The molecule has 0 N–H and O–H groups in total. The summed E-state index contributed by atoms with van der Waals surface area (Å²) in [6, 6.07) is 3.74. The molecule has 0 saturated heterocycles. The number of hydrogen-bond donors (Lipinski definition) is 0. The van der Waals surface area contributed by atoms with Crippen LogP contribution in [0, 0.1) is 0 Å². The summed E-state index contributed by atoms with van der Waals surface area (Å²) in [6.45, 7) is 1.38. The summed E-state index contributed by atoms with van der Waals surface area (Å²) in [4.78, 5) is 4.55. The molecule has 8 heteroatoms. The van der Waals surface area contributed by atoms with Crippen LogP contribution in [0.2, 0.25) is 5.02 Å². The molecular weight excluding hydrogens is 310 g/mol. The molecular formula is C13H14ClN5OS. The molecule has 0 aliphatic heterocycles. The first-order chi connectivity index (χ1) is 10.3. The van der Waals surface area contributed by atoms with Crippen LogP contribution in [-0.2, 0) is 17.0 Å². The van der Waals surface area contributed by atoms with Crippen LogP contribution in [-0.4, -0.2) is 37.9 Å². The van der Waals surface area contributed by atoms with E-state index in [0.29, 0.717) is 11.6 Å². The molecule has 0 saturated carbocycles. The maximum atomic E-state index is 5.97. The van der Waals surface area contributed by atoms with Crippen LogP contribution in [0.1, 0.15) is 5.69 Å². The lowest BCUT2D eigenvalue weighted by molar-refractivity contribution is 0.184. The summed E-state index contributed by atoms with van der Waals surface area (Å²) < 4.78 is 8.97. The third kappa shape index (κ3) is 3.37. The highest BCUT2D eigenvalue weighted by Gasteiger charge is 2.08. The van der Waals surface area contributed by atoms with E-state index in [0.717, 1.165) is 28.8 Å². The van der Waals surface area contributed by atoms with Crippen molar-refractivity contribution < 1.29 is 4.74 Å². The van der Waals surface area contributed by atoms with Crippen LogP contribution in [0.15, 0.2) is 36.0 Å². The highest BCUT2D eigenvalue weighted by Crippen LogP contribution is 2.21. The number of nitrogens with zero attached hydrogens (tertiary/aromatic N) is 5. The van der Waals surface area contributed by atoms with Gasteiger partial charge in [-0.15, -0.1) is 10.2 Å². The smallest absolute Gasteiger partial charge is 0.191 e. The minimum atomic E-state index is 0.637. The van der Waals surface area contributed by atoms with Crippen molar-refractivity contribution in [3.8, 4) is 0 Å². The number of thioether (sulfide) groups is 1. The molecule has 3 aromatic heterocycles. The molecule has 0 spiro atoms. The zero-order valence-electron chi connectivity index (χ0n) is 11.4. The van der Waals surface area contributed by atoms with Gasteiger partial charge in [0, 0.05) is 31.8 Å². The molecule has 3 aromatic rings. The van der Waals surface area contributed by atoms with E-state index < -0.39 is 0 Å². The Morgan fingerprint density at radius 2 is 2.24 bits per heavy atom. The predicted octanol–water partition coefficient (Wildman–Crippen LogP) is 2.52. The summed E-state index contributed by atoms with van der Waals surface area (Å²) in [7, 11) is 1.68. The van der Waals surface area contributed by atoms with Crippen molar-refractivity contribution in [2.75, 3.05) is 13.7 Å². The lowest BCUT2D eigenvalue weighted by Gasteiger charge is -2.04. The fourth-order valence-corrected chi connectivity index (χ4v) is 2.92. The van der Waals surface area contributed by atoms with Gasteiger partial charge in [-0.05, 0) is 12.1 Å². The number of methoxy groups -OCH3 is 1. The average molecular weight is 324 g/mol. The molecule has 0 aliphatic carbocycles. The van der Waals surface area contributed by atoms with Gasteiger partial charge >= 0.3 is 0 Å². The quantitative estimate of drug-likeness (QED) is 0.652. The molecule has 3 rings (SSSR count). The fourth-order valence-electron chi connectivity index (χ4n) is 1.92. The Morgan fingerprint density at radius 1 is 1.33 bits per heavy atom. The molecule has 6 nitrogen and oxygen atoms in total. The van der Waals surface area contributed by atoms with Gasteiger partial charge in [0.1, 0.15) is 12.0 Å². The number of pyridine rings is 1. The summed E-state index contributed by atoms with van der Waals surface area (Å²) in [5, 5.41) is 9.61. The SMILES string of the molecule is COCCn1cnnc1SCc1cn2cc(Cl)ccc2n1. The van der Waals surface area contributed by atoms with Crippen molar-refractivity contribution in [1.29, 1.82) is 0 Å². The van der Waals surface area contributed by atoms with E-state index in [1.807, 2.05) is 33.5 Å². The topological polar surface area (TPSA) is 57.2 Å². The van der Waals surface area contributed by atoms with Crippen molar-refractivity contribution in [1.82, 2.24) is 24.1 Å². The van der Waals surface area contributed by atoms with Gasteiger partial charge in [0.15, 0.2) is 5.16 Å². The van der Waals surface area contributed by atoms with Gasteiger partial charge in [0.05, 0.1) is 17.3 Å². The number of imidazole rings is 1. The number of rotatable bonds is 6. The molecule has 0 amide bonds. The van der Waals surface area contributed by atoms with Gasteiger partial charge in [0.2, 0.25) is 0 Å². The van der Waals surface area contributed by atoms with Crippen LogP contribution in [0.5, 0.6) is 0 Å². The maximum absolute atomic E-state index is 5.97. The Labute approximate surface area is 131 Å². The van der Waals surface area contributed by atoms with Crippen LogP contribution in [0.3, 0.4) is 0 Å². The van der Waals surface area contributed by atoms with Crippen LogP contribution in [0.25, 0.3) is 5.65 Å². The number of aromatic nitrogens is 5. The van der Waals surface area contributed by atoms with Gasteiger partial charge in [-0.3, -0.25) is 0 Å². The summed E-state index contributed by atoms with van der Waals surface area (Å²) >= 11 is 7.57. The molecule has 0 fully saturated rings. The van der Waals surface area contributed by atoms with E-state index >= 15 is 0 Å². The van der Waals surface area contributed by atoms with E-state index in [9.17, 15) is 0 Å². The Balaban J connectivity index is 1.70. The first-order valence-electron chi connectivity index (χ1n) is 6.39. The van der Waals surface area contributed by atoms with E-state index in [1.54, 1.807) is 25.2 Å². The van der Waals surface area contributed by atoms with E-state index in [2.05, 4.69) is 15.2 Å². The number of hydrogen-bond acceptors (Lipinski definition) is 5. The van der Waals surface area contributed by atoms with Gasteiger partial charge in [0.25, 0.3) is 0 Å². The lowest BCUT2D eigenvalue weighted by Crippen LogP contribution is -2.04. The number of halogens is 1. The molecule has 21 heavy (non-hydrogen) atoms. The second-order valence-corrected chi connectivity index (χ2v) is 5.81. The zero-order valence-corrected chi connectivity index (χ0v) is 13.0. The predicted molar refractivity (Wildman–Crippen MR) is 81.7 cm³/mol. The van der Waals surface area contributed by atoms with Crippen molar-refractivity contribution in [3.63, 3.8) is 0 Å². The van der Waals surface area contributed by atoms with Crippen molar-refractivity contribution >= 4 is 29.0 Å². The summed E-state index contributed by atoms with van der Waals surface area (Å²) in [5.74, 6) is 0.727. The summed E-state index contributed by atoms with van der Waals surface area (Å²) in [5.41, 5.74) is 1.86. The molecule has 0 radical (unpaired) electrons. The number of fused-ring (bicyclic) bond motifs is 1. The van der Waals surface area contributed by atoms with Crippen LogP contribution < -0.4 is 0 Å². The lowest BCUT2D eigenvalue weighted by atomic mass is 10.5. The first kappa shape index (κ1) is 14.4. The Kier molecular flexibility index (Phi) is 4.42. The average Bonchev–Trinajstić information content (AvgIpc) is 3.08. The molecule has 0 atom stereocenters. The molecule has 110 valence electrons. The van der Waals surface area contributed by atoms with Crippen LogP contribution >= 0.6 is 23.4 Å². The highest BCUT2D eigenvalue weighted by atomic mass is 35.5. The van der Waals surface area contributed by atoms with Gasteiger partial charge in [-0.2, -0.15) is 0 Å². The van der Waals surface area contributed by atoms with Gasteiger partial charge < -0.3 is 13.7 Å². The Morgan fingerprint density at radius 3 is 3.10 bits per heavy atom. The maximum Gasteiger partial charge on any atom is 0.191 e. The van der Waals surface area contributed by atoms with Gasteiger partial charge in [-0.25, -0.2) is 4.98 Å². The van der Waals surface area contributed by atoms with Crippen molar-refractivity contribution in [2.24, 2.45) is 0 Å². The molecule has 0 unspecified atom stereocenters. The third-order valence-corrected chi connectivity index (χ3v) is 4.17. The zero-order chi connectivity index (χ0) is 14.7. The number of ether oxygens (including phenoxy) is 1. The minimum absolute atomic E-state index is 0.637. The second kappa shape index (κ2) is 6.46. The third-order valence-electron chi connectivity index (χ3n) is 2.93. The fraction of sp³-hybridized carbons (Fsp3) is 0.308. The Hall–Kier alpha value is -1.57. The molecule has 3 heterocycles. The Bertz CT molecular complexity index is 741. The second-order valence-electron chi connectivity index (χ2n) is 4.43. The van der Waals surface area contributed by atoms with Crippen LogP contribution in [0.4, 0.5) is 0 Å². The normalized spacial score (nSPS) is 11.3. The largest absolute Gasteiger partial charge is 0.383 e. The van der Waals surface area contributed by atoms with Crippen molar-refractivity contribution in [2.45, 2.75) is 17.5 Å². The van der Waals surface area contributed by atoms with E-state index in [-0.39, 0.29) is 0 Å². The van der Waals surface area contributed by atoms with E-state index in [4.69, 9.17) is 16.3 Å². The van der Waals surface area contributed by atoms with Gasteiger partial charge in [-0.1, -0.05) is 23.4 Å². The first-order valence-corrected chi connectivity index (χ1v) is 7.75. The van der Waals surface area contributed by atoms with Crippen molar-refractivity contribution in [3.05, 3.63) is 41.6 Å². The summed E-state index contributed by atoms with van der Waals surface area (Å²) in [6.07, 6.45) is 5.54.